The van der Waals surface area contributed by atoms with Crippen LogP contribution in [0.2, 0.25) is 5.02 Å². The number of aliphatic hydroxyl groups excluding tert-OH is 1. The zero-order valence-electron chi connectivity index (χ0n) is 11.6. The summed E-state index contributed by atoms with van der Waals surface area (Å²) in [6.45, 7) is 5.68. The zero-order chi connectivity index (χ0) is 14.5. The molecule has 3 N–H and O–H groups in total. The fourth-order valence-corrected chi connectivity index (χ4v) is 1.99. The van der Waals surface area contributed by atoms with Gasteiger partial charge in [0.1, 0.15) is 0 Å². The highest BCUT2D eigenvalue weighted by Gasteiger charge is 2.27. The molecule has 19 heavy (non-hydrogen) atoms. The maximum Gasteiger partial charge on any atom is 0.319 e. The van der Waals surface area contributed by atoms with E-state index in [9.17, 15) is 9.90 Å². The Labute approximate surface area is 119 Å². The number of rotatable bonds is 5. The molecule has 0 aliphatic carbocycles. The summed E-state index contributed by atoms with van der Waals surface area (Å²) < 4.78 is 0. The topological polar surface area (TPSA) is 61.4 Å². The lowest BCUT2D eigenvalue weighted by Gasteiger charge is -2.30. The number of aliphatic hydroxyl groups is 1. The van der Waals surface area contributed by atoms with Crippen LogP contribution >= 0.6 is 11.6 Å². The number of aryl methyl sites for hydroxylation is 1. The zero-order valence-corrected chi connectivity index (χ0v) is 12.3. The summed E-state index contributed by atoms with van der Waals surface area (Å²) in [5, 5.41) is 15.6. The minimum absolute atomic E-state index is 0.0814. The third kappa shape index (κ3) is 4.11. The average Bonchev–Trinajstić information content (AvgIpc) is 2.40. The number of anilines is 1. The van der Waals surface area contributed by atoms with Gasteiger partial charge in [-0.25, -0.2) is 4.79 Å². The Bertz CT molecular complexity index is 437. The van der Waals surface area contributed by atoms with Crippen molar-refractivity contribution in [1.82, 2.24) is 5.32 Å². The SMILES string of the molecule is CCC(CC)(CO)NC(=O)Nc1cc(Cl)ccc1C. The predicted molar refractivity (Wildman–Crippen MR) is 78.7 cm³/mol. The molecule has 1 aromatic carbocycles. The van der Waals surface area contributed by atoms with E-state index in [2.05, 4.69) is 10.6 Å². The standard InChI is InChI=1S/C14H21ClN2O2/c1-4-14(5-2,9-18)17-13(19)16-12-8-11(15)7-6-10(12)3/h6-8,18H,4-5,9H2,1-3H3,(H2,16,17,19). The predicted octanol–water partition coefficient (Wildman–Crippen LogP) is 3.32. The van der Waals surface area contributed by atoms with Gasteiger partial charge in [0.25, 0.3) is 0 Å². The van der Waals surface area contributed by atoms with Crippen LogP contribution in [0.4, 0.5) is 10.5 Å². The Kier molecular flexibility index (Phi) is 5.63. The molecule has 0 aliphatic rings. The Morgan fingerprint density at radius 3 is 2.53 bits per heavy atom. The quantitative estimate of drug-likeness (QED) is 0.777. The highest BCUT2D eigenvalue weighted by atomic mass is 35.5. The molecule has 4 nitrogen and oxygen atoms in total. The van der Waals surface area contributed by atoms with Crippen molar-refractivity contribution in [3.8, 4) is 0 Å². The molecule has 0 saturated heterocycles. The van der Waals surface area contributed by atoms with Crippen molar-refractivity contribution in [3.05, 3.63) is 28.8 Å². The molecule has 0 heterocycles. The second kappa shape index (κ2) is 6.78. The van der Waals surface area contributed by atoms with Gasteiger partial charge >= 0.3 is 6.03 Å². The first-order valence-electron chi connectivity index (χ1n) is 6.42. The molecule has 0 aliphatic heterocycles. The highest BCUT2D eigenvalue weighted by Crippen LogP contribution is 2.21. The molecule has 0 bridgehead atoms. The fourth-order valence-electron chi connectivity index (χ4n) is 1.81. The molecule has 0 fully saturated rings. The van der Waals surface area contributed by atoms with Gasteiger partial charge in [-0.2, -0.15) is 0 Å². The molecule has 0 unspecified atom stereocenters. The Balaban J connectivity index is 2.77. The number of benzene rings is 1. The number of amides is 2. The Hall–Kier alpha value is -1.26. The van der Waals surface area contributed by atoms with Crippen molar-refractivity contribution in [3.63, 3.8) is 0 Å². The number of halogens is 1. The summed E-state index contributed by atoms with van der Waals surface area (Å²) in [5.41, 5.74) is 1.03. The molecule has 5 heteroatoms. The Morgan fingerprint density at radius 2 is 2.00 bits per heavy atom. The van der Waals surface area contributed by atoms with Crippen LogP contribution in [0, 0.1) is 6.92 Å². The van der Waals surface area contributed by atoms with Gasteiger partial charge in [-0.1, -0.05) is 31.5 Å². The van der Waals surface area contributed by atoms with E-state index in [1.807, 2.05) is 26.8 Å². The molecular formula is C14H21ClN2O2. The van der Waals surface area contributed by atoms with E-state index < -0.39 is 5.54 Å². The number of urea groups is 1. The monoisotopic (exact) mass is 284 g/mol. The number of carbonyl (C=O) groups is 1. The lowest BCUT2D eigenvalue weighted by atomic mass is 9.94. The lowest BCUT2D eigenvalue weighted by molar-refractivity contribution is 0.155. The first-order valence-corrected chi connectivity index (χ1v) is 6.80. The van der Waals surface area contributed by atoms with Crippen LogP contribution in [0.3, 0.4) is 0 Å². The third-order valence-corrected chi connectivity index (χ3v) is 3.72. The van der Waals surface area contributed by atoms with Crippen molar-refractivity contribution in [1.29, 1.82) is 0 Å². The molecule has 0 spiro atoms. The summed E-state index contributed by atoms with van der Waals surface area (Å²) in [6.07, 6.45) is 1.34. The van der Waals surface area contributed by atoms with Crippen LogP contribution in [0.25, 0.3) is 0 Å². The van der Waals surface area contributed by atoms with Crippen LogP contribution < -0.4 is 10.6 Å². The van der Waals surface area contributed by atoms with Crippen molar-refractivity contribution >= 4 is 23.3 Å². The van der Waals surface area contributed by atoms with Crippen LogP contribution in [-0.4, -0.2) is 23.3 Å². The van der Waals surface area contributed by atoms with Gasteiger partial charge in [0.2, 0.25) is 0 Å². The first-order chi connectivity index (χ1) is 8.96. The molecule has 0 aromatic heterocycles. The van der Waals surface area contributed by atoms with Crippen molar-refractivity contribution in [2.75, 3.05) is 11.9 Å². The molecule has 106 valence electrons. The van der Waals surface area contributed by atoms with Crippen molar-refractivity contribution in [2.24, 2.45) is 0 Å². The number of nitrogens with one attached hydrogen (secondary N) is 2. The van der Waals surface area contributed by atoms with Gasteiger partial charge in [0, 0.05) is 10.7 Å². The van der Waals surface area contributed by atoms with Crippen LogP contribution in [0.15, 0.2) is 18.2 Å². The first kappa shape index (κ1) is 15.8. The lowest BCUT2D eigenvalue weighted by Crippen LogP contribution is -2.52. The molecular weight excluding hydrogens is 264 g/mol. The molecule has 1 aromatic rings. The van der Waals surface area contributed by atoms with Gasteiger partial charge in [0.05, 0.1) is 12.1 Å². The van der Waals surface area contributed by atoms with Crippen LogP contribution in [-0.2, 0) is 0 Å². The minimum Gasteiger partial charge on any atom is -0.394 e. The molecule has 2 amide bonds. The van der Waals surface area contributed by atoms with E-state index in [1.54, 1.807) is 12.1 Å². The summed E-state index contributed by atoms with van der Waals surface area (Å²) >= 11 is 5.90. The third-order valence-electron chi connectivity index (χ3n) is 3.48. The maximum absolute atomic E-state index is 12.0. The van der Waals surface area contributed by atoms with E-state index in [1.165, 1.54) is 0 Å². The van der Waals surface area contributed by atoms with E-state index in [-0.39, 0.29) is 12.6 Å². The fraction of sp³-hybridized carbons (Fsp3) is 0.500. The smallest absolute Gasteiger partial charge is 0.319 e. The second-order valence-corrected chi connectivity index (χ2v) is 5.12. The highest BCUT2D eigenvalue weighted by molar-refractivity contribution is 6.31. The average molecular weight is 285 g/mol. The van der Waals surface area contributed by atoms with Crippen LogP contribution in [0.1, 0.15) is 32.3 Å². The normalized spacial score (nSPS) is 11.2. The van der Waals surface area contributed by atoms with Crippen molar-refractivity contribution in [2.45, 2.75) is 39.2 Å². The van der Waals surface area contributed by atoms with E-state index in [0.29, 0.717) is 23.6 Å². The van der Waals surface area contributed by atoms with Gasteiger partial charge in [-0.3, -0.25) is 0 Å². The largest absolute Gasteiger partial charge is 0.394 e. The number of hydrogen-bond donors (Lipinski definition) is 3. The maximum atomic E-state index is 12.0. The summed E-state index contributed by atoms with van der Waals surface area (Å²) in [6, 6.07) is 4.99. The van der Waals surface area contributed by atoms with Gasteiger partial charge in [0.15, 0.2) is 0 Å². The van der Waals surface area contributed by atoms with E-state index in [0.717, 1.165) is 5.56 Å². The molecule has 1 rings (SSSR count). The second-order valence-electron chi connectivity index (χ2n) is 4.68. The number of hydrogen-bond acceptors (Lipinski definition) is 2. The summed E-state index contributed by atoms with van der Waals surface area (Å²) in [7, 11) is 0. The van der Waals surface area contributed by atoms with Gasteiger partial charge in [-0.15, -0.1) is 0 Å². The summed E-state index contributed by atoms with van der Waals surface area (Å²) in [5.74, 6) is 0. The minimum atomic E-state index is -0.573. The Morgan fingerprint density at radius 1 is 1.37 bits per heavy atom. The van der Waals surface area contributed by atoms with Crippen LogP contribution in [0.5, 0.6) is 0 Å². The van der Waals surface area contributed by atoms with Gasteiger partial charge in [-0.05, 0) is 37.5 Å². The molecule has 0 radical (unpaired) electrons. The van der Waals surface area contributed by atoms with Crippen molar-refractivity contribution < 1.29 is 9.90 Å². The number of carbonyl (C=O) groups excluding carboxylic acids is 1. The molecule has 0 saturated carbocycles. The van der Waals surface area contributed by atoms with E-state index >= 15 is 0 Å². The summed E-state index contributed by atoms with van der Waals surface area (Å²) in [4.78, 5) is 12.0. The molecule has 0 atom stereocenters. The van der Waals surface area contributed by atoms with Gasteiger partial charge < -0.3 is 15.7 Å². The van der Waals surface area contributed by atoms with E-state index in [4.69, 9.17) is 11.6 Å².